The van der Waals surface area contributed by atoms with Crippen molar-refractivity contribution in [3.05, 3.63) is 193 Å². The monoisotopic (exact) mass is 708 g/mol. The average molecular weight is 709 g/mol. The maximum Gasteiger partial charge on any atom is 0.145 e. The van der Waals surface area contributed by atoms with Gasteiger partial charge < -0.3 is 0 Å². The molecule has 2 nitrogen and oxygen atoms in total. The van der Waals surface area contributed by atoms with Crippen LogP contribution in [0.5, 0.6) is 0 Å². The van der Waals surface area contributed by atoms with Crippen LogP contribution in [-0.2, 0) is 0 Å². The maximum absolute atomic E-state index is 5.22. The summed E-state index contributed by atoms with van der Waals surface area (Å²) >= 11 is 1.91. The Balaban J connectivity index is 1.10. The first-order valence-electron chi connectivity index (χ1n) is 18.9. The van der Waals surface area contributed by atoms with Gasteiger partial charge in [0.1, 0.15) is 5.82 Å². The number of benzene rings is 7. The zero-order valence-corrected chi connectivity index (χ0v) is 30.6. The van der Waals surface area contributed by atoms with E-state index in [1.54, 1.807) is 0 Å². The second-order valence-electron chi connectivity index (χ2n) is 14.7. The van der Waals surface area contributed by atoms with E-state index in [-0.39, 0.29) is 0 Å². The first-order valence-corrected chi connectivity index (χ1v) is 19.7. The summed E-state index contributed by atoms with van der Waals surface area (Å²) in [6.45, 7) is 0. The predicted molar refractivity (Wildman–Crippen MR) is 230 cm³/mol. The minimum absolute atomic E-state index is 0.384. The Kier molecular flexibility index (Phi) is 7.34. The van der Waals surface area contributed by atoms with Gasteiger partial charge in [-0.3, -0.25) is 4.57 Å². The molecule has 0 bridgehead atoms. The third-order valence-corrected chi connectivity index (χ3v) is 12.6. The van der Waals surface area contributed by atoms with Crippen molar-refractivity contribution in [2.45, 2.75) is 25.2 Å². The van der Waals surface area contributed by atoms with Crippen molar-refractivity contribution >= 4 is 53.3 Å². The van der Waals surface area contributed by atoms with Gasteiger partial charge in [0.25, 0.3) is 0 Å². The normalized spacial score (nSPS) is 15.5. The van der Waals surface area contributed by atoms with Crippen LogP contribution >= 0.6 is 11.3 Å². The number of aromatic nitrogens is 2. The number of fused-ring (bicyclic) bond motifs is 5. The summed E-state index contributed by atoms with van der Waals surface area (Å²) in [7, 11) is 0. The zero-order chi connectivity index (χ0) is 35.6. The van der Waals surface area contributed by atoms with Crippen molar-refractivity contribution in [2.24, 2.45) is 0 Å². The molecule has 0 fully saturated rings. The standard InChI is InChI=1S/C51H36N2S/c1-2-17-43(18-3-1)53-48-20-9-8-19-47(48)52-51(53)41-16-10-15-40(29-41)44-31-42(38-24-22-34-12-5-7-14-36(34)28-38)32-46-45-30-39(25-26-49(45)54-50(44)46)37-23-21-33-11-4-6-13-35(33)27-37/h1-3,5-10,12-26,28-32,37H,4,11,27H2. The molecule has 54 heavy (non-hydrogen) atoms. The number of imidazole rings is 1. The first kappa shape index (κ1) is 31.3. The topological polar surface area (TPSA) is 17.8 Å². The summed E-state index contributed by atoms with van der Waals surface area (Å²) in [5.41, 5.74) is 13.6. The van der Waals surface area contributed by atoms with E-state index in [4.69, 9.17) is 4.98 Å². The summed E-state index contributed by atoms with van der Waals surface area (Å²) < 4.78 is 4.93. The van der Waals surface area contributed by atoms with Crippen molar-refractivity contribution < 1.29 is 0 Å². The lowest BCUT2D eigenvalue weighted by Crippen LogP contribution is -2.05. The van der Waals surface area contributed by atoms with Crippen LogP contribution in [0.15, 0.2) is 187 Å². The van der Waals surface area contributed by atoms with E-state index in [0.29, 0.717) is 5.92 Å². The highest BCUT2D eigenvalue weighted by atomic mass is 32.1. The number of thiophene rings is 1. The molecule has 0 saturated carbocycles. The fourth-order valence-corrected chi connectivity index (χ4v) is 9.85. The molecule has 11 rings (SSSR count). The highest BCUT2D eigenvalue weighted by Crippen LogP contribution is 2.45. The molecule has 1 atom stereocenters. The third-order valence-electron chi connectivity index (χ3n) is 11.4. The van der Waals surface area contributed by atoms with E-state index in [2.05, 4.69) is 181 Å². The molecule has 0 amide bonds. The highest BCUT2D eigenvalue weighted by Gasteiger charge is 2.21. The van der Waals surface area contributed by atoms with Crippen LogP contribution in [0.4, 0.5) is 0 Å². The minimum atomic E-state index is 0.384. The molecule has 2 aromatic heterocycles. The maximum atomic E-state index is 5.22. The quantitative estimate of drug-likeness (QED) is 0.174. The fourth-order valence-electron chi connectivity index (χ4n) is 8.65. The Morgan fingerprint density at radius 3 is 2.39 bits per heavy atom. The molecule has 2 aliphatic carbocycles. The Morgan fingerprint density at radius 2 is 1.44 bits per heavy atom. The molecular weight excluding hydrogens is 673 g/mol. The van der Waals surface area contributed by atoms with Crippen LogP contribution in [-0.4, -0.2) is 9.55 Å². The Labute approximate surface area is 318 Å². The molecule has 0 spiro atoms. The van der Waals surface area contributed by atoms with E-state index in [0.717, 1.165) is 47.4 Å². The van der Waals surface area contributed by atoms with Crippen LogP contribution < -0.4 is 0 Å². The number of para-hydroxylation sites is 3. The number of nitrogens with zero attached hydrogens (tertiary/aromatic N) is 2. The van der Waals surface area contributed by atoms with Gasteiger partial charge >= 0.3 is 0 Å². The second kappa shape index (κ2) is 12.7. The van der Waals surface area contributed by atoms with Gasteiger partial charge in [-0.2, -0.15) is 0 Å². The molecule has 0 radical (unpaired) electrons. The van der Waals surface area contributed by atoms with Crippen molar-refractivity contribution in [1.29, 1.82) is 0 Å². The van der Waals surface area contributed by atoms with Gasteiger partial charge in [0.05, 0.1) is 11.0 Å². The SMILES string of the molecule is C1=CC2=C(C=CC(c3ccc4sc5c(-c6cccc(-c7nc8ccccc8n7-c7ccccc7)c6)cc(-c6ccc7ccccc7c6)cc5c4c3)C2)CC1. The number of hydrogen-bond acceptors (Lipinski definition) is 2. The van der Waals surface area contributed by atoms with E-state index < -0.39 is 0 Å². The van der Waals surface area contributed by atoms with Crippen molar-refractivity contribution in [3.63, 3.8) is 0 Å². The lowest BCUT2D eigenvalue weighted by atomic mass is 9.82. The van der Waals surface area contributed by atoms with Crippen molar-refractivity contribution in [2.75, 3.05) is 0 Å². The fraction of sp³-hybridized carbons (Fsp3) is 0.0784. The molecule has 1 unspecified atom stereocenters. The van der Waals surface area contributed by atoms with Gasteiger partial charge in [-0.1, -0.05) is 115 Å². The molecular formula is C51H36N2S. The summed E-state index contributed by atoms with van der Waals surface area (Å²) in [5, 5.41) is 5.17. The molecule has 9 aromatic rings. The van der Waals surface area contributed by atoms with Crippen molar-refractivity contribution in [1.82, 2.24) is 9.55 Å². The van der Waals surface area contributed by atoms with Gasteiger partial charge in [-0.15, -0.1) is 11.3 Å². The summed E-state index contributed by atoms with van der Waals surface area (Å²) in [6.07, 6.45) is 12.9. The minimum Gasteiger partial charge on any atom is -0.292 e. The summed E-state index contributed by atoms with van der Waals surface area (Å²) in [5.74, 6) is 1.33. The zero-order valence-electron chi connectivity index (χ0n) is 29.7. The van der Waals surface area contributed by atoms with Gasteiger partial charge in [-0.25, -0.2) is 4.98 Å². The Morgan fingerprint density at radius 1 is 0.593 bits per heavy atom. The lowest BCUT2D eigenvalue weighted by Gasteiger charge is -2.23. The largest absolute Gasteiger partial charge is 0.292 e. The molecule has 2 aliphatic rings. The van der Waals surface area contributed by atoms with E-state index >= 15 is 0 Å². The Hall–Kier alpha value is -6.29. The van der Waals surface area contributed by atoms with Crippen LogP contribution in [0.3, 0.4) is 0 Å². The molecule has 0 aliphatic heterocycles. The number of allylic oxidation sites excluding steroid dienone is 6. The van der Waals surface area contributed by atoms with Crippen LogP contribution in [0.25, 0.3) is 81.3 Å². The number of hydrogen-bond donors (Lipinski definition) is 0. The average Bonchev–Trinajstić information content (AvgIpc) is 3.82. The molecule has 0 saturated heterocycles. The number of rotatable bonds is 5. The third kappa shape index (κ3) is 5.27. The van der Waals surface area contributed by atoms with E-state index in [9.17, 15) is 0 Å². The Bertz CT molecular complexity index is 3030. The van der Waals surface area contributed by atoms with Crippen molar-refractivity contribution in [3.8, 4) is 39.3 Å². The lowest BCUT2D eigenvalue weighted by molar-refractivity contribution is 0.792. The molecule has 0 N–H and O–H groups in total. The predicted octanol–water partition coefficient (Wildman–Crippen LogP) is 14.2. The van der Waals surface area contributed by atoms with Crippen LogP contribution in [0.1, 0.15) is 30.7 Å². The van der Waals surface area contributed by atoms with Gasteiger partial charge in [0, 0.05) is 42.9 Å². The van der Waals surface area contributed by atoms with Crippen LogP contribution in [0, 0.1) is 0 Å². The highest BCUT2D eigenvalue weighted by molar-refractivity contribution is 7.26. The van der Waals surface area contributed by atoms with E-state index in [1.165, 1.54) is 69.9 Å². The van der Waals surface area contributed by atoms with Gasteiger partial charge in [-0.05, 0) is 124 Å². The summed E-state index contributed by atoms with van der Waals surface area (Å²) in [4.78, 5) is 5.22. The second-order valence-corrected chi connectivity index (χ2v) is 15.7. The van der Waals surface area contributed by atoms with Gasteiger partial charge in [0.2, 0.25) is 0 Å². The summed E-state index contributed by atoms with van der Waals surface area (Å²) in [6, 6.07) is 55.6. The van der Waals surface area contributed by atoms with E-state index in [1.807, 2.05) is 11.3 Å². The molecule has 3 heteroatoms. The first-order chi connectivity index (χ1) is 26.7. The molecule has 7 aromatic carbocycles. The van der Waals surface area contributed by atoms with Gasteiger partial charge in [0.15, 0.2) is 0 Å². The molecule has 2 heterocycles. The molecule has 256 valence electrons. The van der Waals surface area contributed by atoms with Crippen LogP contribution in [0.2, 0.25) is 0 Å². The smallest absolute Gasteiger partial charge is 0.145 e.